The van der Waals surface area contributed by atoms with E-state index in [1.807, 2.05) is 6.92 Å². The minimum atomic E-state index is -1.82. The van der Waals surface area contributed by atoms with Crippen molar-refractivity contribution < 1.29 is 8.78 Å². The van der Waals surface area contributed by atoms with Crippen molar-refractivity contribution in [2.24, 2.45) is 0 Å². The standard InChI is InChI=1S/C20H15F2N5S/c1-11-7-17(28-26-11)14-9-15(21)19(23)27(10-14)20(24)18(22)13-4-5-16-12(8-13)3-2-6-25-16/h2-10,18,23-24H,1H3. The second-order valence-electron chi connectivity index (χ2n) is 6.33. The van der Waals surface area contributed by atoms with E-state index in [4.69, 9.17) is 10.8 Å². The lowest BCUT2D eigenvalue weighted by Crippen LogP contribution is -2.31. The van der Waals surface area contributed by atoms with Crippen molar-refractivity contribution in [2.45, 2.75) is 13.1 Å². The molecule has 0 saturated carbocycles. The van der Waals surface area contributed by atoms with Gasteiger partial charge in [-0.25, -0.2) is 8.78 Å². The maximum atomic E-state index is 15.1. The number of aryl methyl sites for hydroxylation is 1. The lowest BCUT2D eigenvalue weighted by Gasteiger charge is -2.15. The van der Waals surface area contributed by atoms with Crippen molar-refractivity contribution in [3.63, 3.8) is 0 Å². The summed E-state index contributed by atoms with van der Waals surface area (Å²) in [6.07, 6.45) is 1.22. The zero-order chi connectivity index (χ0) is 19.8. The summed E-state index contributed by atoms with van der Waals surface area (Å²) < 4.78 is 34.5. The van der Waals surface area contributed by atoms with Gasteiger partial charge in [0.2, 0.25) is 0 Å². The molecule has 4 aromatic rings. The molecule has 0 spiro atoms. The van der Waals surface area contributed by atoms with E-state index >= 15 is 4.39 Å². The fraction of sp³-hybridized carbons (Fsp3) is 0.100. The lowest BCUT2D eigenvalue weighted by molar-refractivity contribution is 0.427. The Morgan fingerprint density at radius 2 is 2.04 bits per heavy atom. The lowest BCUT2D eigenvalue weighted by atomic mass is 10.1. The summed E-state index contributed by atoms with van der Waals surface area (Å²) in [5.74, 6) is -1.36. The highest BCUT2D eigenvalue weighted by molar-refractivity contribution is 7.09. The Morgan fingerprint density at radius 3 is 2.79 bits per heavy atom. The van der Waals surface area contributed by atoms with Crippen LogP contribution in [0.4, 0.5) is 8.78 Å². The van der Waals surface area contributed by atoms with Crippen LogP contribution in [0.15, 0.2) is 54.9 Å². The number of rotatable bonds is 3. The molecule has 1 unspecified atom stereocenters. The smallest absolute Gasteiger partial charge is 0.183 e. The first-order valence-electron chi connectivity index (χ1n) is 8.42. The van der Waals surface area contributed by atoms with Crippen molar-refractivity contribution >= 4 is 28.3 Å². The topological polar surface area (TPSA) is 78.4 Å². The van der Waals surface area contributed by atoms with E-state index in [2.05, 4.69) is 9.36 Å². The van der Waals surface area contributed by atoms with Gasteiger partial charge in [0.1, 0.15) is 5.84 Å². The van der Waals surface area contributed by atoms with Crippen LogP contribution in [0.1, 0.15) is 17.4 Å². The van der Waals surface area contributed by atoms with Gasteiger partial charge in [0.05, 0.1) is 16.1 Å². The van der Waals surface area contributed by atoms with Crippen LogP contribution in [0.25, 0.3) is 21.3 Å². The Labute approximate surface area is 163 Å². The third-order valence-electron chi connectivity index (χ3n) is 4.35. The first-order valence-corrected chi connectivity index (χ1v) is 9.19. The van der Waals surface area contributed by atoms with Gasteiger partial charge in [0.15, 0.2) is 17.5 Å². The van der Waals surface area contributed by atoms with Crippen LogP contribution in [0.5, 0.6) is 0 Å². The molecule has 1 atom stereocenters. The van der Waals surface area contributed by atoms with Crippen LogP contribution < -0.4 is 5.49 Å². The molecule has 0 bridgehead atoms. The van der Waals surface area contributed by atoms with Crippen molar-refractivity contribution in [3.05, 3.63) is 77.4 Å². The number of hydrogen-bond acceptors (Lipinski definition) is 5. The van der Waals surface area contributed by atoms with Crippen LogP contribution in [0.2, 0.25) is 0 Å². The van der Waals surface area contributed by atoms with Gasteiger partial charge in [0.25, 0.3) is 0 Å². The molecular weight excluding hydrogens is 380 g/mol. The zero-order valence-corrected chi connectivity index (χ0v) is 15.6. The van der Waals surface area contributed by atoms with E-state index in [0.29, 0.717) is 16.0 Å². The highest BCUT2D eigenvalue weighted by Crippen LogP contribution is 2.26. The van der Waals surface area contributed by atoms with Crippen molar-refractivity contribution in [1.82, 2.24) is 13.9 Å². The Kier molecular flexibility index (Phi) is 4.56. The van der Waals surface area contributed by atoms with Gasteiger partial charge < -0.3 is 0 Å². The van der Waals surface area contributed by atoms with Gasteiger partial charge in [-0.2, -0.15) is 4.37 Å². The molecule has 4 rings (SSSR count). The molecule has 0 aliphatic heterocycles. The van der Waals surface area contributed by atoms with Crippen LogP contribution in [0, 0.1) is 23.6 Å². The normalized spacial score (nSPS) is 12.2. The maximum Gasteiger partial charge on any atom is 0.183 e. The predicted octanol–water partition coefficient (Wildman–Crippen LogP) is 4.62. The molecule has 28 heavy (non-hydrogen) atoms. The molecule has 3 aromatic heterocycles. The number of nitrogens with zero attached hydrogens (tertiary/aromatic N) is 3. The van der Waals surface area contributed by atoms with E-state index in [9.17, 15) is 4.39 Å². The largest absolute Gasteiger partial charge is 0.285 e. The Hall–Kier alpha value is -3.26. The molecule has 140 valence electrons. The highest BCUT2D eigenvalue weighted by Gasteiger charge is 2.20. The number of fused-ring (bicyclic) bond motifs is 1. The number of alkyl halides is 1. The Balaban J connectivity index is 1.75. The molecule has 8 heteroatoms. The van der Waals surface area contributed by atoms with Crippen molar-refractivity contribution in [1.29, 1.82) is 10.8 Å². The molecule has 5 nitrogen and oxygen atoms in total. The summed E-state index contributed by atoms with van der Waals surface area (Å²) in [7, 11) is 0. The zero-order valence-electron chi connectivity index (χ0n) is 14.8. The minimum Gasteiger partial charge on any atom is -0.285 e. The number of nitrogens with one attached hydrogen (secondary N) is 2. The fourth-order valence-electron chi connectivity index (χ4n) is 2.92. The summed E-state index contributed by atoms with van der Waals surface area (Å²) in [4.78, 5) is 4.88. The van der Waals surface area contributed by atoms with Crippen LogP contribution in [-0.2, 0) is 0 Å². The summed E-state index contributed by atoms with van der Waals surface area (Å²) in [6, 6.07) is 11.4. The molecular formula is C20H15F2N5S. The van der Waals surface area contributed by atoms with E-state index in [-0.39, 0.29) is 5.56 Å². The monoisotopic (exact) mass is 395 g/mol. The van der Waals surface area contributed by atoms with Gasteiger partial charge in [0, 0.05) is 23.3 Å². The molecule has 0 aliphatic rings. The molecule has 0 amide bonds. The third-order valence-corrected chi connectivity index (χ3v) is 5.28. The quantitative estimate of drug-likeness (QED) is 0.392. The number of pyridine rings is 2. The molecule has 0 aliphatic carbocycles. The highest BCUT2D eigenvalue weighted by atomic mass is 32.1. The van der Waals surface area contributed by atoms with Crippen molar-refractivity contribution in [3.8, 4) is 10.4 Å². The predicted molar refractivity (Wildman–Crippen MR) is 105 cm³/mol. The summed E-state index contributed by atoms with van der Waals surface area (Å²) >= 11 is 1.18. The van der Waals surface area contributed by atoms with Gasteiger partial charge in [-0.1, -0.05) is 12.1 Å². The molecule has 1 aromatic carbocycles. The van der Waals surface area contributed by atoms with Gasteiger partial charge >= 0.3 is 0 Å². The summed E-state index contributed by atoms with van der Waals surface area (Å²) in [6.45, 7) is 1.82. The van der Waals surface area contributed by atoms with Gasteiger partial charge in [-0.15, -0.1) is 0 Å². The number of aromatic nitrogens is 3. The first kappa shape index (κ1) is 18.1. The van der Waals surface area contributed by atoms with E-state index in [1.165, 1.54) is 23.8 Å². The molecule has 2 N–H and O–H groups in total. The maximum absolute atomic E-state index is 15.1. The molecule has 0 radical (unpaired) electrons. The SMILES string of the molecule is Cc1cc(-c2cc(F)c(=N)n(C(=N)C(F)c3ccc4ncccc4c3)c2)sn1. The first-order chi connectivity index (χ1) is 13.4. The number of hydrogen-bond donors (Lipinski definition) is 2. The average Bonchev–Trinajstić information content (AvgIpc) is 3.14. The van der Waals surface area contributed by atoms with E-state index in [0.717, 1.165) is 15.6 Å². The number of benzene rings is 1. The second-order valence-corrected chi connectivity index (χ2v) is 7.14. The van der Waals surface area contributed by atoms with Crippen LogP contribution in [0.3, 0.4) is 0 Å². The Bertz CT molecular complexity index is 1260. The van der Waals surface area contributed by atoms with Crippen molar-refractivity contribution in [2.75, 3.05) is 0 Å². The van der Waals surface area contributed by atoms with Crippen LogP contribution >= 0.6 is 11.5 Å². The fourth-order valence-corrected chi connectivity index (χ4v) is 3.65. The molecule has 3 heterocycles. The Morgan fingerprint density at radius 1 is 1.21 bits per heavy atom. The van der Waals surface area contributed by atoms with Gasteiger partial charge in [-0.05, 0) is 54.4 Å². The minimum absolute atomic E-state index is 0.247. The summed E-state index contributed by atoms with van der Waals surface area (Å²) in [5.41, 5.74) is 1.62. The average molecular weight is 395 g/mol. The van der Waals surface area contributed by atoms with Crippen LogP contribution in [-0.4, -0.2) is 19.8 Å². The number of halogens is 2. The van der Waals surface area contributed by atoms with Gasteiger partial charge in [-0.3, -0.25) is 20.4 Å². The van der Waals surface area contributed by atoms with E-state index < -0.39 is 23.3 Å². The third kappa shape index (κ3) is 3.22. The summed E-state index contributed by atoms with van der Waals surface area (Å²) in [5, 5.41) is 16.9. The second kappa shape index (κ2) is 7.05. The molecule has 0 fully saturated rings. The van der Waals surface area contributed by atoms with E-state index in [1.54, 1.807) is 42.6 Å². The molecule has 0 saturated heterocycles.